The van der Waals surface area contributed by atoms with E-state index in [0.717, 1.165) is 27.2 Å². The first-order valence-electron chi connectivity index (χ1n) is 5.86. The molecule has 0 spiro atoms. The molecule has 88 valence electrons. The number of benzene rings is 2. The van der Waals surface area contributed by atoms with Gasteiger partial charge in [-0.3, -0.25) is 0 Å². The number of rotatable bonds is 1. The smallest absolute Gasteiger partial charge is 0.0710 e. The molecule has 3 rings (SSSR count). The quantitative estimate of drug-likeness (QED) is 0.603. The summed E-state index contributed by atoms with van der Waals surface area (Å²) < 4.78 is 0. The second-order valence-corrected chi connectivity index (χ2v) is 4.84. The van der Waals surface area contributed by atoms with Crippen molar-refractivity contribution in [2.75, 3.05) is 0 Å². The minimum absolute atomic E-state index is 0.743. The third kappa shape index (κ3) is 2.09. The van der Waals surface area contributed by atoms with E-state index in [9.17, 15) is 0 Å². The van der Waals surface area contributed by atoms with Crippen molar-refractivity contribution in [2.24, 2.45) is 0 Å². The summed E-state index contributed by atoms with van der Waals surface area (Å²) in [6, 6.07) is 18.2. The average molecular weight is 254 g/mol. The van der Waals surface area contributed by atoms with Gasteiger partial charge in [-0.15, -0.1) is 0 Å². The van der Waals surface area contributed by atoms with E-state index < -0.39 is 0 Å². The molecule has 0 unspecified atom stereocenters. The number of aromatic nitrogens is 1. The molecule has 1 nitrogen and oxygen atoms in total. The Hall–Kier alpha value is -1.86. The fourth-order valence-electron chi connectivity index (χ4n) is 1.98. The first kappa shape index (κ1) is 11.2. The van der Waals surface area contributed by atoms with E-state index in [4.69, 9.17) is 11.6 Å². The summed E-state index contributed by atoms with van der Waals surface area (Å²) in [6.45, 7) is 2.08. The topological polar surface area (TPSA) is 12.9 Å². The normalized spacial score (nSPS) is 10.8. The minimum Gasteiger partial charge on any atom is -0.248 e. The van der Waals surface area contributed by atoms with Crippen LogP contribution in [0, 0.1) is 6.92 Å². The Morgan fingerprint density at radius 1 is 0.889 bits per heavy atom. The Bertz CT molecular complexity index is 702. The highest BCUT2D eigenvalue weighted by molar-refractivity contribution is 6.31. The van der Waals surface area contributed by atoms with Crippen LogP contribution in [0.25, 0.3) is 22.2 Å². The summed E-state index contributed by atoms with van der Waals surface area (Å²) in [7, 11) is 0. The summed E-state index contributed by atoms with van der Waals surface area (Å²) in [4.78, 5) is 4.66. The maximum absolute atomic E-state index is 5.97. The van der Waals surface area contributed by atoms with Crippen molar-refractivity contribution in [3.05, 3.63) is 65.2 Å². The van der Waals surface area contributed by atoms with Gasteiger partial charge < -0.3 is 0 Å². The first-order valence-corrected chi connectivity index (χ1v) is 6.23. The Labute approximate surface area is 111 Å². The van der Waals surface area contributed by atoms with Crippen molar-refractivity contribution < 1.29 is 0 Å². The van der Waals surface area contributed by atoms with Gasteiger partial charge in [0, 0.05) is 16.0 Å². The van der Waals surface area contributed by atoms with Gasteiger partial charge in [0.1, 0.15) is 0 Å². The molecule has 0 amide bonds. The highest BCUT2D eigenvalue weighted by atomic mass is 35.5. The van der Waals surface area contributed by atoms with Crippen LogP contribution in [0.1, 0.15) is 5.56 Å². The number of pyridine rings is 1. The van der Waals surface area contributed by atoms with Crippen molar-refractivity contribution >= 4 is 22.5 Å². The zero-order valence-electron chi connectivity index (χ0n) is 10.0. The summed E-state index contributed by atoms with van der Waals surface area (Å²) in [5.74, 6) is 0. The maximum atomic E-state index is 5.97. The monoisotopic (exact) mass is 253 g/mol. The van der Waals surface area contributed by atoms with Crippen LogP contribution in [0.4, 0.5) is 0 Å². The molecule has 0 aliphatic carbocycles. The van der Waals surface area contributed by atoms with Crippen LogP contribution in [0.5, 0.6) is 0 Å². The number of hydrogen-bond acceptors (Lipinski definition) is 1. The molecule has 1 heterocycles. The SMILES string of the molecule is Cc1ccc(-c2ccc3cc(Cl)ccc3n2)cc1. The van der Waals surface area contributed by atoms with E-state index in [1.807, 2.05) is 24.3 Å². The van der Waals surface area contributed by atoms with E-state index in [-0.39, 0.29) is 0 Å². The van der Waals surface area contributed by atoms with Gasteiger partial charge in [0.05, 0.1) is 11.2 Å². The standard InChI is InChI=1S/C16H12ClN/c1-11-2-4-12(5-3-11)15-8-6-13-10-14(17)7-9-16(13)18-15/h2-10H,1H3. The Balaban J connectivity index is 2.13. The number of hydrogen-bond donors (Lipinski definition) is 0. The van der Waals surface area contributed by atoms with E-state index in [1.165, 1.54) is 5.56 Å². The number of nitrogens with zero attached hydrogens (tertiary/aromatic N) is 1. The molecular formula is C16H12ClN. The van der Waals surface area contributed by atoms with E-state index in [1.54, 1.807) is 0 Å². The Kier molecular flexibility index (Phi) is 2.77. The van der Waals surface area contributed by atoms with Gasteiger partial charge in [-0.1, -0.05) is 47.5 Å². The van der Waals surface area contributed by atoms with Crippen LogP contribution >= 0.6 is 11.6 Å². The third-order valence-electron chi connectivity index (χ3n) is 3.00. The van der Waals surface area contributed by atoms with Gasteiger partial charge in [-0.25, -0.2) is 4.98 Å². The number of halogens is 1. The van der Waals surface area contributed by atoms with Crippen molar-refractivity contribution in [3.63, 3.8) is 0 Å². The van der Waals surface area contributed by atoms with Gasteiger partial charge >= 0.3 is 0 Å². The van der Waals surface area contributed by atoms with Crippen LogP contribution in [0.15, 0.2) is 54.6 Å². The minimum atomic E-state index is 0.743. The zero-order valence-corrected chi connectivity index (χ0v) is 10.8. The second kappa shape index (κ2) is 4.43. The van der Waals surface area contributed by atoms with Crippen LogP contribution in [0.3, 0.4) is 0 Å². The van der Waals surface area contributed by atoms with E-state index in [0.29, 0.717) is 0 Å². The average Bonchev–Trinajstić information content (AvgIpc) is 2.39. The molecule has 0 atom stereocenters. The van der Waals surface area contributed by atoms with Crippen molar-refractivity contribution in [2.45, 2.75) is 6.92 Å². The summed E-state index contributed by atoms with van der Waals surface area (Å²) in [5, 5.41) is 1.81. The molecule has 0 N–H and O–H groups in total. The first-order chi connectivity index (χ1) is 8.72. The number of fused-ring (bicyclic) bond motifs is 1. The van der Waals surface area contributed by atoms with Crippen molar-refractivity contribution in [1.82, 2.24) is 4.98 Å². The van der Waals surface area contributed by atoms with Crippen LogP contribution < -0.4 is 0 Å². The van der Waals surface area contributed by atoms with Gasteiger partial charge in [0.15, 0.2) is 0 Å². The largest absolute Gasteiger partial charge is 0.248 e. The van der Waals surface area contributed by atoms with Crippen LogP contribution in [-0.4, -0.2) is 4.98 Å². The van der Waals surface area contributed by atoms with Gasteiger partial charge in [0.2, 0.25) is 0 Å². The van der Waals surface area contributed by atoms with Crippen molar-refractivity contribution in [1.29, 1.82) is 0 Å². The Morgan fingerprint density at radius 2 is 1.67 bits per heavy atom. The molecule has 2 aromatic carbocycles. The molecule has 0 radical (unpaired) electrons. The summed E-state index contributed by atoms with van der Waals surface area (Å²) in [5.41, 5.74) is 4.35. The fraction of sp³-hybridized carbons (Fsp3) is 0.0625. The molecule has 18 heavy (non-hydrogen) atoms. The molecule has 0 saturated heterocycles. The molecular weight excluding hydrogens is 242 g/mol. The third-order valence-corrected chi connectivity index (χ3v) is 3.23. The van der Waals surface area contributed by atoms with Crippen LogP contribution in [0.2, 0.25) is 5.02 Å². The van der Waals surface area contributed by atoms with Crippen LogP contribution in [-0.2, 0) is 0 Å². The van der Waals surface area contributed by atoms with Gasteiger partial charge in [-0.2, -0.15) is 0 Å². The lowest BCUT2D eigenvalue weighted by molar-refractivity contribution is 1.38. The summed E-state index contributed by atoms with van der Waals surface area (Å²) >= 11 is 5.97. The number of aryl methyl sites for hydroxylation is 1. The van der Waals surface area contributed by atoms with E-state index in [2.05, 4.69) is 42.2 Å². The highest BCUT2D eigenvalue weighted by Crippen LogP contribution is 2.23. The second-order valence-electron chi connectivity index (χ2n) is 4.40. The summed E-state index contributed by atoms with van der Waals surface area (Å²) in [6.07, 6.45) is 0. The molecule has 0 aliphatic heterocycles. The fourth-order valence-corrected chi connectivity index (χ4v) is 2.16. The predicted molar refractivity (Wildman–Crippen MR) is 76.9 cm³/mol. The van der Waals surface area contributed by atoms with Crippen molar-refractivity contribution in [3.8, 4) is 11.3 Å². The lowest BCUT2D eigenvalue weighted by atomic mass is 10.1. The highest BCUT2D eigenvalue weighted by Gasteiger charge is 2.01. The van der Waals surface area contributed by atoms with E-state index >= 15 is 0 Å². The van der Waals surface area contributed by atoms with Gasteiger partial charge in [0.25, 0.3) is 0 Å². The lowest BCUT2D eigenvalue weighted by Crippen LogP contribution is -1.85. The van der Waals surface area contributed by atoms with Gasteiger partial charge in [-0.05, 0) is 31.2 Å². The predicted octanol–water partition coefficient (Wildman–Crippen LogP) is 4.86. The molecule has 2 heteroatoms. The maximum Gasteiger partial charge on any atom is 0.0710 e. The lowest BCUT2D eigenvalue weighted by Gasteiger charge is -2.04. The molecule has 1 aromatic heterocycles. The molecule has 0 fully saturated rings. The Morgan fingerprint density at radius 3 is 2.44 bits per heavy atom. The molecule has 0 aliphatic rings. The molecule has 3 aromatic rings. The zero-order chi connectivity index (χ0) is 12.5. The molecule has 0 bridgehead atoms. The molecule has 0 saturated carbocycles.